The summed E-state index contributed by atoms with van der Waals surface area (Å²) in [4.78, 5) is 11.1. The minimum atomic E-state index is -1.35. The van der Waals surface area contributed by atoms with Crippen LogP contribution in [0.5, 0.6) is 0 Å². The molecule has 6 atom stereocenters. The molecule has 0 radical (unpaired) electrons. The summed E-state index contributed by atoms with van der Waals surface area (Å²) < 4.78 is 10.3. The van der Waals surface area contributed by atoms with E-state index >= 15 is 0 Å². The molecule has 2 unspecified atom stereocenters. The molecule has 0 spiro atoms. The quantitative estimate of drug-likeness (QED) is 0.142. The van der Waals surface area contributed by atoms with Crippen LogP contribution in [0.25, 0.3) is 0 Å². The minimum Gasteiger partial charge on any atom is -0.469 e. The lowest BCUT2D eigenvalue weighted by Crippen LogP contribution is -2.63. The van der Waals surface area contributed by atoms with Crippen molar-refractivity contribution in [3.63, 3.8) is 0 Å². The summed E-state index contributed by atoms with van der Waals surface area (Å²) in [5.41, 5.74) is 0. The van der Waals surface area contributed by atoms with Crippen LogP contribution in [0, 0.1) is 0 Å². The van der Waals surface area contributed by atoms with Gasteiger partial charge in [0.2, 0.25) is 0 Å². The first-order valence-corrected chi connectivity index (χ1v) is 13.1. The fraction of sp³-hybridized carbons (Fsp3) is 0.960. The van der Waals surface area contributed by atoms with Crippen molar-refractivity contribution in [1.29, 1.82) is 0 Å². The molecule has 0 aromatic heterocycles. The monoisotopic (exact) mass is 475 g/mol. The van der Waals surface area contributed by atoms with Crippen molar-refractivity contribution < 1.29 is 34.7 Å². The Morgan fingerprint density at radius 3 is 1.94 bits per heavy atom. The highest BCUT2D eigenvalue weighted by Gasteiger charge is 2.43. The number of hydrogen-bond donors (Lipinski definition) is 5. The van der Waals surface area contributed by atoms with E-state index in [0.717, 1.165) is 51.4 Å². The molecule has 0 bridgehead atoms. The van der Waals surface area contributed by atoms with Gasteiger partial charge in [-0.3, -0.25) is 10.1 Å². The number of aliphatic hydroxyl groups excluding tert-OH is 4. The molecular formula is C25H49NO7. The van der Waals surface area contributed by atoms with Gasteiger partial charge in [0.15, 0.2) is 0 Å². The Balaban J connectivity index is 2.33. The zero-order chi connectivity index (χ0) is 24.5. The number of esters is 1. The SMILES string of the molecule is CCCCCCC(CCCCCCCCCCC(=O)OC)NC1O[C@H](CO)[C@H](O)[C@H](O)[C@H]1O. The van der Waals surface area contributed by atoms with E-state index in [1.807, 2.05) is 0 Å². The zero-order valence-corrected chi connectivity index (χ0v) is 20.8. The van der Waals surface area contributed by atoms with Crippen LogP contribution < -0.4 is 5.32 Å². The summed E-state index contributed by atoms with van der Waals surface area (Å²) >= 11 is 0. The molecule has 0 aromatic carbocycles. The maximum Gasteiger partial charge on any atom is 0.305 e. The number of ether oxygens (including phenoxy) is 2. The lowest BCUT2D eigenvalue weighted by Gasteiger charge is -2.41. The van der Waals surface area contributed by atoms with Gasteiger partial charge in [-0.05, 0) is 19.3 Å². The van der Waals surface area contributed by atoms with E-state index in [0.29, 0.717) is 6.42 Å². The molecule has 196 valence electrons. The highest BCUT2D eigenvalue weighted by molar-refractivity contribution is 5.68. The summed E-state index contributed by atoms with van der Waals surface area (Å²) in [6.07, 6.45) is 10.4. The molecule has 0 amide bonds. The average Bonchev–Trinajstić information content (AvgIpc) is 2.82. The van der Waals surface area contributed by atoms with Crippen molar-refractivity contribution in [2.75, 3.05) is 13.7 Å². The van der Waals surface area contributed by atoms with E-state index in [2.05, 4.69) is 17.0 Å². The van der Waals surface area contributed by atoms with E-state index in [9.17, 15) is 25.2 Å². The van der Waals surface area contributed by atoms with Gasteiger partial charge in [-0.2, -0.15) is 0 Å². The molecule has 1 aliphatic heterocycles. The van der Waals surface area contributed by atoms with Crippen molar-refractivity contribution in [2.45, 2.75) is 140 Å². The standard InChI is InChI=1S/C25H49NO7/c1-3-4-5-12-15-19(26-25-24(31)23(30)22(29)20(18-27)33-25)16-13-10-8-6-7-9-11-14-17-21(28)32-2/h19-20,22-27,29-31H,3-18H2,1-2H3/t19?,20-,22+,23+,24-,25?/m1/s1. The molecule has 0 aromatic rings. The summed E-state index contributed by atoms with van der Waals surface area (Å²) in [6, 6.07) is 0.154. The smallest absolute Gasteiger partial charge is 0.305 e. The van der Waals surface area contributed by atoms with Gasteiger partial charge in [-0.1, -0.05) is 77.6 Å². The van der Waals surface area contributed by atoms with Crippen LogP contribution in [-0.4, -0.2) is 76.8 Å². The second kappa shape index (κ2) is 18.5. The van der Waals surface area contributed by atoms with Gasteiger partial charge in [0.25, 0.3) is 0 Å². The number of unbranched alkanes of at least 4 members (excludes halogenated alkanes) is 10. The predicted octanol–water partition coefficient (Wildman–Crippen LogP) is 2.79. The van der Waals surface area contributed by atoms with Crippen molar-refractivity contribution in [1.82, 2.24) is 5.32 Å². The zero-order valence-electron chi connectivity index (χ0n) is 20.8. The van der Waals surface area contributed by atoms with Crippen LogP contribution in [-0.2, 0) is 14.3 Å². The molecule has 1 heterocycles. The third-order valence-corrected chi connectivity index (χ3v) is 6.61. The highest BCUT2D eigenvalue weighted by atomic mass is 16.6. The second-order valence-electron chi connectivity index (χ2n) is 9.41. The number of methoxy groups -OCH3 is 1. The lowest BCUT2D eigenvalue weighted by molar-refractivity contribution is -0.238. The summed E-state index contributed by atoms with van der Waals surface area (Å²) in [5.74, 6) is -0.128. The van der Waals surface area contributed by atoms with Crippen LogP contribution >= 0.6 is 0 Å². The molecule has 1 aliphatic rings. The predicted molar refractivity (Wildman–Crippen MR) is 128 cm³/mol. The molecule has 1 rings (SSSR count). The van der Waals surface area contributed by atoms with Gasteiger partial charge >= 0.3 is 5.97 Å². The third-order valence-electron chi connectivity index (χ3n) is 6.61. The van der Waals surface area contributed by atoms with Crippen molar-refractivity contribution >= 4 is 5.97 Å². The number of aliphatic hydroxyl groups is 4. The van der Waals surface area contributed by atoms with E-state index < -0.39 is 37.3 Å². The number of carbonyl (C=O) groups is 1. The first-order valence-electron chi connectivity index (χ1n) is 13.1. The van der Waals surface area contributed by atoms with E-state index in [1.54, 1.807) is 0 Å². The van der Waals surface area contributed by atoms with Crippen LogP contribution in [0.1, 0.15) is 103 Å². The maximum absolute atomic E-state index is 11.1. The van der Waals surface area contributed by atoms with Crippen LogP contribution in [0.4, 0.5) is 0 Å². The van der Waals surface area contributed by atoms with Crippen LogP contribution in [0.3, 0.4) is 0 Å². The summed E-state index contributed by atoms with van der Waals surface area (Å²) in [5, 5.41) is 43.2. The largest absolute Gasteiger partial charge is 0.469 e. The Kier molecular flexibility index (Phi) is 17.0. The Bertz CT molecular complexity index is 491. The molecule has 0 saturated carbocycles. The Hall–Kier alpha value is -0.770. The molecule has 1 saturated heterocycles. The van der Waals surface area contributed by atoms with Crippen LogP contribution in [0.2, 0.25) is 0 Å². The van der Waals surface area contributed by atoms with Gasteiger partial charge in [0.05, 0.1) is 13.7 Å². The number of nitrogens with one attached hydrogen (secondary N) is 1. The Morgan fingerprint density at radius 2 is 1.39 bits per heavy atom. The molecule has 0 aliphatic carbocycles. The molecule has 8 heteroatoms. The molecule has 8 nitrogen and oxygen atoms in total. The number of hydrogen-bond acceptors (Lipinski definition) is 8. The van der Waals surface area contributed by atoms with E-state index in [1.165, 1.54) is 45.6 Å². The van der Waals surface area contributed by atoms with Gasteiger partial charge in [0, 0.05) is 12.5 Å². The minimum absolute atomic E-state index is 0.128. The average molecular weight is 476 g/mol. The summed E-state index contributed by atoms with van der Waals surface area (Å²) in [6.45, 7) is 1.77. The molecule has 5 N–H and O–H groups in total. The second-order valence-corrected chi connectivity index (χ2v) is 9.41. The molecule has 1 fully saturated rings. The van der Waals surface area contributed by atoms with Gasteiger partial charge in [-0.15, -0.1) is 0 Å². The maximum atomic E-state index is 11.1. The fourth-order valence-corrected chi connectivity index (χ4v) is 4.42. The van der Waals surface area contributed by atoms with E-state index in [-0.39, 0.29) is 12.0 Å². The summed E-state index contributed by atoms with van der Waals surface area (Å²) in [7, 11) is 1.43. The van der Waals surface area contributed by atoms with Gasteiger partial charge < -0.3 is 29.9 Å². The van der Waals surface area contributed by atoms with Crippen molar-refractivity contribution in [3.8, 4) is 0 Å². The Morgan fingerprint density at radius 1 is 0.848 bits per heavy atom. The number of carbonyl (C=O) groups excluding carboxylic acids is 1. The molecule has 33 heavy (non-hydrogen) atoms. The topological polar surface area (TPSA) is 128 Å². The van der Waals surface area contributed by atoms with E-state index in [4.69, 9.17) is 4.74 Å². The van der Waals surface area contributed by atoms with Crippen molar-refractivity contribution in [3.05, 3.63) is 0 Å². The first kappa shape index (κ1) is 30.3. The molecular weight excluding hydrogens is 426 g/mol. The fourth-order valence-electron chi connectivity index (χ4n) is 4.42. The number of rotatable bonds is 19. The van der Waals surface area contributed by atoms with Gasteiger partial charge in [0.1, 0.15) is 30.6 Å². The van der Waals surface area contributed by atoms with Gasteiger partial charge in [-0.25, -0.2) is 0 Å². The van der Waals surface area contributed by atoms with Crippen molar-refractivity contribution in [2.24, 2.45) is 0 Å². The Labute approximate surface area is 200 Å². The highest BCUT2D eigenvalue weighted by Crippen LogP contribution is 2.22. The van der Waals surface area contributed by atoms with Crippen LogP contribution in [0.15, 0.2) is 0 Å². The first-order chi connectivity index (χ1) is 15.9. The third kappa shape index (κ3) is 12.5. The lowest BCUT2D eigenvalue weighted by atomic mass is 9.96. The normalized spacial score (nSPS) is 26.3.